The number of amides is 1. The molecular formula is C10H10ClN5O3. The fourth-order valence-corrected chi connectivity index (χ4v) is 1.62. The van der Waals surface area contributed by atoms with Gasteiger partial charge in [0, 0.05) is 7.11 Å². The number of nitrogens with zero attached hydrogens (tertiary/aromatic N) is 4. The van der Waals surface area contributed by atoms with Gasteiger partial charge in [0.1, 0.15) is 5.69 Å². The molecule has 19 heavy (non-hydrogen) atoms. The maximum Gasteiger partial charge on any atom is 0.409 e. The summed E-state index contributed by atoms with van der Waals surface area (Å²) in [4.78, 5) is 15.7. The number of aromatic nitrogens is 4. The molecule has 2 aromatic rings. The highest BCUT2D eigenvalue weighted by Gasteiger charge is 2.10. The minimum Gasteiger partial charge on any atom is -0.465 e. The smallest absolute Gasteiger partial charge is 0.409 e. The molecule has 0 spiro atoms. The molecule has 2 aromatic heterocycles. The van der Waals surface area contributed by atoms with Gasteiger partial charge in [0.2, 0.25) is 0 Å². The maximum absolute atomic E-state index is 10.5. The van der Waals surface area contributed by atoms with E-state index in [1.54, 1.807) is 7.11 Å². The summed E-state index contributed by atoms with van der Waals surface area (Å²) in [6.07, 6.45) is 1.67. The Morgan fingerprint density at radius 1 is 1.58 bits per heavy atom. The van der Waals surface area contributed by atoms with Crippen LogP contribution in [0.3, 0.4) is 0 Å². The van der Waals surface area contributed by atoms with Crippen LogP contribution in [0.2, 0.25) is 5.02 Å². The molecular weight excluding hydrogens is 274 g/mol. The highest BCUT2D eigenvalue weighted by atomic mass is 35.5. The normalized spacial score (nSPS) is 10.4. The van der Waals surface area contributed by atoms with Crippen LogP contribution in [0.5, 0.6) is 0 Å². The molecule has 100 valence electrons. The molecule has 2 N–H and O–H groups in total. The first-order valence-corrected chi connectivity index (χ1v) is 5.54. The van der Waals surface area contributed by atoms with Crippen LogP contribution in [0, 0.1) is 0 Å². The number of carboxylic acid groups (broad SMARTS) is 1. The molecule has 1 amide bonds. The number of pyridine rings is 1. The first-order chi connectivity index (χ1) is 9.10. The lowest BCUT2D eigenvalue weighted by molar-refractivity contribution is 0.181. The summed E-state index contributed by atoms with van der Waals surface area (Å²) in [5.41, 5.74) is 0.902. The van der Waals surface area contributed by atoms with Gasteiger partial charge in [-0.05, 0) is 6.07 Å². The van der Waals surface area contributed by atoms with Gasteiger partial charge in [0.05, 0.1) is 29.7 Å². The minimum absolute atomic E-state index is 0.228. The van der Waals surface area contributed by atoms with E-state index in [0.29, 0.717) is 18.1 Å². The van der Waals surface area contributed by atoms with E-state index < -0.39 is 6.09 Å². The standard InChI is InChI=1S/C10H10ClN5O3/c1-19-5-7-4-13-16(15-7)9-8(11)2-6(3-12-9)14-10(17)18/h2-4,14H,5H2,1H3,(H,17,18). The minimum atomic E-state index is -1.19. The van der Waals surface area contributed by atoms with Gasteiger partial charge >= 0.3 is 6.09 Å². The molecule has 2 heterocycles. The van der Waals surface area contributed by atoms with Crippen LogP contribution >= 0.6 is 11.6 Å². The van der Waals surface area contributed by atoms with Crippen LogP contribution in [0.15, 0.2) is 18.5 Å². The average molecular weight is 284 g/mol. The quantitative estimate of drug-likeness (QED) is 0.882. The van der Waals surface area contributed by atoms with E-state index in [1.165, 1.54) is 23.3 Å². The van der Waals surface area contributed by atoms with Crippen LogP contribution in [-0.4, -0.2) is 38.3 Å². The Hall–Kier alpha value is -2.19. The number of carbonyl (C=O) groups is 1. The monoisotopic (exact) mass is 283 g/mol. The predicted molar refractivity (Wildman–Crippen MR) is 66.5 cm³/mol. The van der Waals surface area contributed by atoms with Crippen molar-refractivity contribution in [2.75, 3.05) is 12.4 Å². The Bertz CT molecular complexity index is 601. The number of ether oxygens (including phenoxy) is 1. The molecule has 0 radical (unpaired) electrons. The maximum atomic E-state index is 10.5. The molecule has 0 aliphatic heterocycles. The van der Waals surface area contributed by atoms with Crippen LogP contribution in [0.4, 0.5) is 10.5 Å². The Kier molecular flexibility index (Phi) is 3.93. The first kappa shape index (κ1) is 13.2. The number of hydrogen-bond acceptors (Lipinski definition) is 5. The summed E-state index contributed by atoms with van der Waals surface area (Å²) < 4.78 is 4.93. The van der Waals surface area contributed by atoms with E-state index in [1.807, 2.05) is 0 Å². The third-order valence-electron chi connectivity index (χ3n) is 2.09. The third-order valence-corrected chi connectivity index (χ3v) is 2.37. The molecule has 8 nitrogen and oxygen atoms in total. The molecule has 0 atom stereocenters. The van der Waals surface area contributed by atoms with Crippen molar-refractivity contribution in [3.8, 4) is 5.82 Å². The Labute approximate surface area is 113 Å². The SMILES string of the molecule is COCc1cnn(-c2ncc(NC(=O)O)cc2Cl)n1. The number of nitrogens with one attached hydrogen (secondary N) is 1. The van der Waals surface area contributed by atoms with E-state index in [9.17, 15) is 4.79 Å². The van der Waals surface area contributed by atoms with E-state index in [-0.39, 0.29) is 10.7 Å². The van der Waals surface area contributed by atoms with Gasteiger partial charge in [-0.1, -0.05) is 11.6 Å². The number of halogens is 1. The Balaban J connectivity index is 2.26. The molecule has 2 rings (SSSR count). The lowest BCUT2D eigenvalue weighted by Gasteiger charge is -2.04. The van der Waals surface area contributed by atoms with Gasteiger partial charge < -0.3 is 9.84 Å². The number of hydrogen-bond donors (Lipinski definition) is 2. The average Bonchev–Trinajstić information content (AvgIpc) is 2.77. The van der Waals surface area contributed by atoms with Gasteiger partial charge in [-0.3, -0.25) is 5.32 Å². The number of rotatable bonds is 4. The summed E-state index contributed by atoms with van der Waals surface area (Å²) in [5.74, 6) is 0.306. The van der Waals surface area contributed by atoms with Gasteiger partial charge in [-0.15, -0.1) is 9.90 Å². The summed E-state index contributed by atoms with van der Waals surface area (Å²) in [5, 5.41) is 19.1. The molecule has 0 fully saturated rings. The molecule has 0 aliphatic rings. The first-order valence-electron chi connectivity index (χ1n) is 5.16. The zero-order valence-corrected chi connectivity index (χ0v) is 10.6. The second kappa shape index (κ2) is 5.63. The highest BCUT2D eigenvalue weighted by molar-refractivity contribution is 6.32. The molecule has 0 unspecified atom stereocenters. The zero-order valence-electron chi connectivity index (χ0n) is 9.87. The van der Waals surface area contributed by atoms with Gasteiger partial charge in [0.15, 0.2) is 5.82 Å². The molecule has 0 saturated carbocycles. The molecule has 0 bridgehead atoms. The van der Waals surface area contributed by atoms with Gasteiger partial charge in [0.25, 0.3) is 0 Å². The Morgan fingerprint density at radius 2 is 2.37 bits per heavy atom. The topological polar surface area (TPSA) is 102 Å². The van der Waals surface area contributed by atoms with Gasteiger partial charge in [-0.25, -0.2) is 9.78 Å². The number of anilines is 1. The van der Waals surface area contributed by atoms with Crippen molar-refractivity contribution in [1.29, 1.82) is 0 Å². The van der Waals surface area contributed by atoms with Crippen molar-refractivity contribution in [3.05, 3.63) is 29.2 Å². The zero-order chi connectivity index (χ0) is 13.8. The predicted octanol–water partition coefficient (Wildman–Crippen LogP) is 1.55. The van der Waals surface area contributed by atoms with Crippen molar-refractivity contribution in [3.63, 3.8) is 0 Å². The second-order valence-electron chi connectivity index (χ2n) is 3.52. The summed E-state index contributed by atoms with van der Waals surface area (Å²) in [6, 6.07) is 1.43. The second-order valence-corrected chi connectivity index (χ2v) is 3.93. The van der Waals surface area contributed by atoms with Crippen LogP contribution in [0.25, 0.3) is 5.82 Å². The molecule has 0 saturated heterocycles. The lowest BCUT2D eigenvalue weighted by Crippen LogP contribution is -2.09. The highest BCUT2D eigenvalue weighted by Crippen LogP contribution is 2.20. The van der Waals surface area contributed by atoms with E-state index in [4.69, 9.17) is 21.4 Å². The summed E-state index contributed by atoms with van der Waals surface area (Å²) in [6.45, 7) is 0.330. The van der Waals surface area contributed by atoms with Crippen molar-refractivity contribution in [2.45, 2.75) is 6.61 Å². The molecule has 0 aromatic carbocycles. The summed E-state index contributed by atoms with van der Waals surface area (Å²) >= 11 is 6.01. The number of methoxy groups -OCH3 is 1. The molecule has 0 aliphatic carbocycles. The fourth-order valence-electron chi connectivity index (χ4n) is 1.38. The molecule has 9 heteroatoms. The van der Waals surface area contributed by atoms with Crippen LogP contribution in [-0.2, 0) is 11.3 Å². The van der Waals surface area contributed by atoms with Gasteiger partial charge in [-0.2, -0.15) is 5.10 Å². The van der Waals surface area contributed by atoms with Crippen molar-refractivity contribution in [2.24, 2.45) is 0 Å². The van der Waals surface area contributed by atoms with E-state index in [2.05, 4.69) is 20.5 Å². The van der Waals surface area contributed by atoms with Crippen molar-refractivity contribution >= 4 is 23.4 Å². The third kappa shape index (κ3) is 3.18. The van der Waals surface area contributed by atoms with E-state index >= 15 is 0 Å². The van der Waals surface area contributed by atoms with Crippen molar-refractivity contribution < 1.29 is 14.6 Å². The lowest BCUT2D eigenvalue weighted by atomic mass is 10.4. The van der Waals surface area contributed by atoms with Crippen LogP contribution in [0.1, 0.15) is 5.69 Å². The van der Waals surface area contributed by atoms with E-state index in [0.717, 1.165) is 0 Å². The van der Waals surface area contributed by atoms with Crippen LogP contribution < -0.4 is 5.32 Å². The van der Waals surface area contributed by atoms with Crippen molar-refractivity contribution in [1.82, 2.24) is 20.0 Å². The largest absolute Gasteiger partial charge is 0.465 e. The fraction of sp³-hybridized carbons (Fsp3) is 0.200. The Morgan fingerprint density at radius 3 is 3.00 bits per heavy atom. The summed E-state index contributed by atoms with van der Waals surface area (Å²) in [7, 11) is 1.55.